The predicted octanol–water partition coefficient (Wildman–Crippen LogP) is 1.96. The van der Waals surface area contributed by atoms with Crippen molar-refractivity contribution < 1.29 is 19.8 Å². The van der Waals surface area contributed by atoms with Gasteiger partial charge < -0.3 is 34.5 Å². The molecule has 1 aliphatic heterocycles. The van der Waals surface area contributed by atoms with E-state index in [0.29, 0.717) is 19.6 Å². The van der Waals surface area contributed by atoms with Crippen LogP contribution in [0.15, 0.2) is 47.6 Å². The van der Waals surface area contributed by atoms with Crippen molar-refractivity contribution in [2.24, 2.45) is 5.16 Å². The number of aromatic nitrogens is 1. The Labute approximate surface area is 242 Å². The molecule has 220 valence electrons. The van der Waals surface area contributed by atoms with E-state index in [1.54, 1.807) is 7.11 Å². The van der Waals surface area contributed by atoms with Crippen molar-refractivity contribution >= 4 is 22.4 Å². The first-order valence-corrected chi connectivity index (χ1v) is 14.2. The smallest absolute Gasteiger partial charge is 0.144 e. The zero-order valence-electron chi connectivity index (χ0n) is 24.7. The molecular formula is C31H42N6O4. The number of benzene rings is 2. The number of pyridine rings is 1. The van der Waals surface area contributed by atoms with Gasteiger partial charge in [0.1, 0.15) is 30.0 Å². The monoisotopic (exact) mass is 562 g/mol. The first-order valence-electron chi connectivity index (χ1n) is 14.2. The lowest BCUT2D eigenvalue weighted by Gasteiger charge is -2.37. The molecule has 0 saturated carbocycles. The fourth-order valence-electron chi connectivity index (χ4n) is 5.80. The number of hydrogen-bond acceptors (Lipinski definition) is 10. The Kier molecular flexibility index (Phi) is 9.06. The summed E-state index contributed by atoms with van der Waals surface area (Å²) >= 11 is 0. The standard InChI is InChI=1S/C31H42N6O4/c1-34(2)17-21(38)19-36-12-14-37(15-13-36)31-29-24-11-10-23(40-5)16-26(24)30(33-41-20-22(39)18-35(3)4)28(29)25-8-6-7-9-27(25)32-31/h6-11,16,21-22,38-39H,12-15,17-20H2,1-5H3/b33-30+. The number of ether oxygens (including phenoxy) is 1. The molecule has 0 radical (unpaired) electrons. The van der Waals surface area contributed by atoms with E-state index in [-0.39, 0.29) is 12.7 Å². The quantitative estimate of drug-likeness (QED) is 0.266. The molecule has 2 aromatic carbocycles. The van der Waals surface area contributed by atoms with Crippen LogP contribution >= 0.6 is 0 Å². The molecule has 2 N–H and O–H groups in total. The summed E-state index contributed by atoms with van der Waals surface area (Å²) in [7, 11) is 9.45. The summed E-state index contributed by atoms with van der Waals surface area (Å²) in [6.07, 6.45) is -1.03. The van der Waals surface area contributed by atoms with Crippen molar-refractivity contribution in [3.63, 3.8) is 0 Å². The summed E-state index contributed by atoms with van der Waals surface area (Å²) in [5.41, 5.74) is 5.60. The van der Waals surface area contributed by atoms with Gasteiger partial charge in [-0.2, -0.15) is 0 Å². The first kappa shape index (κ1) is 29.2. The van der Waals surface area contributed by atoms with Crippen LogP contribution in [0.25, 0.3) is 22.0 Å². The molecule has 5 rings (SSSR count). The highest BCUT2D eigenvalue weighted by Crippen LogP contribution is 2.46. The van der Waals surface area contributed by atoms with Gasteiger partial charge in [-0.15, -0.1) is 0 Å². The number of aliphatic hydroxyl groups is 2. The molecule has 10 nitrogen and oxygen atoms in total. The molecule has 2 unspecified atom stereocenters. The summed E-state index contributed by atoms with van der Waals surface area (Å²) < 4.78 is 5.58. The average molecular weight is 563 g/mol. The predicted molar refractivity (Wildman–Crippen MR) is 163 cm³/mol. The van der Waals surface area contributed by atoms with Gasteiger partial charge in [0.2, 0.25) is 0 Å². The third kappa shape index (κ3) is 6.47. The van der Waals surface area contributed by atoms with Crippen molar-refractivity contribution in [1.29, 1.82) is 0 Å². The Bertz CT molecular complexity index is 1390. The number of piperazine rings is 1. The summed E-state index contributed by atoms with van der Waals surface area (Å²) in [6.45, 7) is 5.18. The van der Waals surface area contributed by atoms with Gasteiger partial charge in [0.25, 0.3) is 0 Å². The minimum atomic E-state index is -0.655. The summed E-state index contributed by atoms with van der Waals surface area (Å²) in [5.74, 6) is 1.66. The van der Waals surface area contributed by atoms with E-state index in [4.69, 9.17) is 14.6 Å². The molecule has 1 fully saturated rings. The average Bonchev–Trinajstić information content (AvgIpc) is 3.26. The fraction of sp³-hybridized carbons (Fsp3) is 0.484. The SMILES string of the molecule is COc1ccc2c(c1)/C(=N\OCC(O)CN(C)C)c1c-2c(N2CCN(CC(O)CN(C)C)CC2)nc2ccccc12. The Morgan fingerprint density at radius 3 is 2.32 bits per heavy atom. The van der Waals surface area contributed by atoms with Crippen molar-refractivity contribution in [1.82, 2.24) is 19.7 Å². The number of rotatable bonds is 11. The molecule has 1 aliphatic carbocycles. The highest BCUT2D eigenvalue weighted by molar-refractivity contribution is 6.30. The number of hydrogen-bond donors (Lipinski definition) is 2. The van der Waals surface area contributed by atoms with Crippen LogP contribution in [0, 0.1) is 0 Å². The molecule has 2 aliphatic rings. The number of β-amino-alcohol motifs (C(OH)–C–C–N with tert-alkyl or cyclic N) is 1. The van der Waals surface area contributed by atoms with E-state index in [9.17, 15) is 10.2 Å². The number of fused-ring (bicyclic) bond motifs is 5. The van der Waals surface area contributed by atoms with E-state index < -0.39 is 6.10 Å². The molecule has 2 heterocycles. The number of methoxy groups -OCH3 is 1. The maximum Gasteiger partial charge on any atom is 0.144 e. The van der Waals surface area contributed by atoms with Gasteiger partial charge >= 0.3 is 0 Å². The number of oxime groups is 1. The van der Waals surface area contributed by atoms with E-state index in [0.717, 1.165) is 76.6 Å². The molecule has 10 heteroatoms. The van der Waals surface area contributed by atoms with Crippen molar-refractivity contribution in [2.45, 2.75) is 12.2 Å². The Hall–Kier alpha value is -3.28. The second-order valence-corrected chi connectivity index (χ2v) is 11.5. The minimum Gasteiger partial charge on any atom is -0.497 e. The Morgan fingerprint density at radius 2 is 1.61 bits per heavy atom. The third-order valence-electron chi connectivity index (χ3n) is 7.58. The number of aliphatic hydroxyl groups excluding tert-OH is 2. The van der Waals surface area contributed by atoms with Crippen LogP contribution in [-0.2, 0) is 4.84 Å². The van der Waals surface area contributed by atoms with Crippen molar-refractivity contribution in [2.75, 3.05) is 92.6 Å². The van der Waals surface area contributed by atoms with Crippen molar-refractivity contribution in [3.05, 3.63) is 53.6 Å². The van der Waals surface area contributed by atoms with Gasteiger partial charge in [-0.05, 0) is 58.0 Å². The van der Waals surface area contributed by atoms with Crippen LogP contribution in [0.3, 0.4) is 0 Å². The Morgan fingerprint density at radius 1 is 0.902 bits per heavy atom. The normalized spacial score (nSPS) is 17.8. The molecule has 3 aromatic rings. The lowest BCUT2D eigenvalue weighted by molar-refractivity contribution is 0.0271. The van der Waals surface area contributed by atoms with Crippen LogP contribution in [0.4, 0.5) is 5.82 Å². The fourth-order valence-corrected chi connectivity index (χ4v) is 5.80. The van der Waals surface area contributed by atoms with Gasteiger partial charge in [-0.25, -0.2) is 4.98 Å². The van der Waals surface area contributed by atoms with Gasteiger partial charge in [0, 0.05) is 67.9 Å². The third-order valence-corrected chi connectivity index (χ3v) is 7.58. The molecule has 0 bridgehead atoms. The zero-order valence-corrected chi connectivity index (χ0v) is 24.7. The van der Waals surface area contributed by atoms with E-state index in [2.05, 4.69) is 27.1 Å². The highest BCUT2D eigenvalue weighted by atomic mass is 16.6. The first-order chi connectivity index (χ1) is 19.7. The van der Waals surface area contributed by atoms with E-state index in [1.165, 1.54) is 0 Å². The number of likely N-dealkylation sites (N-methyl/N-ethyl adjacent to an activating group) is 2. The number of anilines is 1. The van der Waals surface area contributed by atoms with Crippen LogP contribution in [0.2, 0.25) is 0 Å². The molecule has 1 aromatic heterocycles. The summed E-state index contributed by atoms with van der Waals surface area (Å²) in [6, 6.07) is 14.2. The lowest BCUT2D eigenvalue weighted by atomic mass is 10.0. The lowest BCUT2D eigenvalue weighted by Crippen LogP contribution is -2.50. The highest BCUT2D eigenvalue weighted by Gasteiger charge is 2.34. The molecule has 0 spiro atoms. The molecule has 1 saturated heterocycles. The molecule has 0 amide bonds. The minimum absolute atomic E-state index is 0.0911. The summed E-state index contributed by atoms with van der Waals surface area (Å²) in [4.78, 5) is 19.6. The van der Waals surface area contributed by atoms with E-state index in [1.807, 2.05) is 68.3 Å². The summed E-state index contributed by atoms with van der Waals surface area (Å²) in [5, 5.41) is 26.5. The number of nitrogens with zero attached hydrogens (tertiary/aromatic N) is 6. The van der Waals surface area contributed by atoms with E-state index >= 15 is 0 Å². The number of para-hydroxylation sites is 1. The van der Waals surface area contributed by atoms with Gasteiger partial charge in [0.15, 0.2) is 0 Å². The van der Waals surface area contributed by atoms with Crippen LogP contribution in [0.5, 0.6) is 5.75 Å². The second kappa shape index (κ2) is 12.7. The van der Waals surface area contributed by atoms with Crippen molar-refractivity contribution in [3.8, 4) is 16.9 Å². The Balaban J connectivity index is 1.52. The zero-order chi connectivity index (χ0) is 29.1. The second-order valence-electron chi connectivity index (χ2n) is 11.5. The van der Waals surface area contributed by atoms with Crippen LogP contribution in [0.1, 0.15) is 11.1 Å². The molecular weight excluding hydrogens is 520 g/mol. The van der Waals surface area contributed by atoms with Gasteiger partial charge in [-0.1, -0.05) is 23.4 Å². The maximum atomic E-state index is 10.5. The van der Waals surface area contributed by atoms with Gasteiger partial charge in [0.05, 0.1) is 18.7 Å². The van der Waals surface area contributed by atoms with Gasteiger partial charge in [-0.3, -0.25) is 4.90 Å². The largest absolute Gasteiger partial charge is 0.497 e. The van der Waals surface area contributed by atoms with Crippen LogP contribution in [-0.4, -0.2) is 136 Å². The topological polar surface area (TPSA) is 97.1 Å². The maximum absolute atomic E-state index is 10.5. The molecule has 41 heavy (non-hydrogen) atoms. The van der Waals surface area contributed by atoms with Crippen LogP contribution < -0.4 is 9.64 Å². The molecule has 2 atom stereocenters.